The van der Waals surface area contributed by atoms with Gasteiger partial charge >= 0.3 is 0 Å². The molecule has 0 saturated heterocycles. The molecule has 0 saturated carbocycles. The molecule has 0 aromatic heterocycles. The van der Waals surface area contributed by atoms with E-state index in [-0.39, 0.29) is 11.8 Å². The van der Waals surface area contributed by atoms with E-state index in [4.69, 9.17) is 4.74 Å². The van der Waals surface area contributed by atoms with Crippen LogP contribution in [-0.4, -0.2) is 18.0 Å². The topological polar surface area (TPSA) is 79.8 Å². The number of hydrogen-bond donors (Lipinski definition) is 2. The molecule has 3 rings (SSSR count). The molecular formula is C23H21N3O3. The zero-order valence-electron chi connectivity index (χ0n) is 16.0. The van der Waals surface area contributed by atoms with E-state index in [1.165, 1.54) is 6.92 Å². The smallest absolute Gasteiger partial charge is 0.271 e. The third kappa shape index (κ3) is 6.32. The Morgan fingerprint density at radius 3 is 2.55 bits per heavy atom. The third-order valence-electron chi connectivity index (χ3n) is 3.93. The van der Waals surface area contributed by atoms with Crippen molar-refractivity contribution in [1.29, 1.82) is 0 Å². The first-order valence-electron chi connectivity index (χ1n) is 9.08. The largest absolute Gasteiger partial charge is 0.489 e. The maximum Gasteiger partial charge on any atom is 0.271 e. The number of carbonyl (C=O) groups excluding carboxylic acids is 2. The van der Waals surface area contributed by atoms with Crippen molar-refractivity contribution >= 4 is 23.7 Å². The molecule has 3 aromatic rings. The highest BCUT2D eigenvalue weighted by Crippen LogP contribution is 2.14. The fraction of sp³-hybridized carbons (Fsp3) is 0.0870. The summed E-state index contributed by atoms with van der Waals surface area (Å²) in [6.45, 7) is 1.89. The second-order valence-electron chi connectivity index (χ2n) is 6.31. The number of nitrogens with zero attached hydrogens (tertiary/aromatic N) is 1. The van der Waals surface area contributed by atoms with E-state index >= 15 is 0 Å². The number of anilines is 1. The molecule has 0 aliphatic heterocycles. The van der Waals surface area contributed by atoms with Crippen molar-refractivity contribution in [2.75, 3.05) is 5.32 Å². The number of carbonyl (C=O) groups is 2. The molecule has 29 heavy (non-hydrogen) atoms. The number of hydrogen-bond acceptors (Lipinski definition) is 4. The van der Waals surface area contributed by atoms with Crippen molar-refractivity contribution in [2.45, 2.75) is 13.5 Å². The van der Waals surface area contributed by atoms with Crippen LogP contribution in [0.4, 0.5) is 5.69 Å². The summed E-state index contributed by atoms with van der Waals surface area (Å²) in [5.41, 5.74) is 5.31. The van der Waals surface area contributed by atoms with Crippen LogP contribution < -0.4 is 15.5 Å². The standard InChI is InChI=1S/C23H21N3O3/c1-17(27)25-21-11-6-10-20(14-21)23(28)26-24-15-19-9-5-12-22(13-19)29-16-18-7-3-2-4-8-18/h2-15H,16H2,1H3,(H,25,27)(H,26,28)/b24-15-. The van der Waals surface area contributed by atoms with Gasteiger partial charge in [-0.1, -0.05) is 48.5 Å². The first kappa shape index (κ1) is 19.8. The molecule has 0 spiro atoms. The summed E-state index contributed by atoms with van der Waals surface area (Å²) in [7, 11) is 0. The van der Waals surface area contributed by atoms with E-state index < -0.39 is 0 Å². The zero-order chi connectivity index (χ0) is 20.5. The van der Waals surface area contributed by atoms with E-state index in [0.717, 1.165) is 11.1 Å². The Morgan fingerprint density at radius 1 is 0.966 bits per heavy atom. The van der Waals surface area contributed by atoms with Gasteiger partial charge in [-0.2, -0.15) is 5.10 Å². The molecule has 0 heterocycles. The van der Waals surface area contributed by atoms with Crippen LogP contribution in [-0.2, 0) is 11.4 Å². The lowest BCUT2D eigenvalue weighted by Crippen LogP contribution is -2.18. The number of ether oxygens (including phenoxy) is 1. The van der Waals surface area contributed by atoms with Crippen molar-refractivity contribution in [1.82, 2.24) is 5.43 Å². The van der Waals surface area contributed by atoms with Gasteiger partial charge in [-0.05, 0) is 41.5 Å². The minimum absolute atomic E-state index is 0.199. The average molecular weight is 387 g/mol. The number of nitrogens with one attached hydrogen (secondary N) is 2. The van der Waals surface area contributed by atoms with Crippen LogP contribution in [0.25, 0.3) is 0 Å². The first-order valence-corrected chi connectivity index (χ1v) is 9.08. The molecule has 0 fully saturated rings. The molecule has 6 heteroatoms. The van der Waals surface area contributed by atoms with Gasteiger partial charge in [0.05, 0.1) is 6.21 Å². The highest BCUT2D eigenvalue weighted by atomic mass is 16.5. The summed E-state index contributed by atoms with van der Waals surface area (Å²) >= 11 is 0. The van der Waals surface area contributed by atoms with Crippen LogP contribution in [0, 0.1) is 0 Å². The van der Waals surface area contributed by atoms with Crippen molar-refractivity contribution < 1.29 is 14.3 Å². The minimum Gasteiger partial charge on any atom is -0.489 e. The average Bonchev–Trinajstić information content (AvgIpc) is 2.73. The van der Waals surface area contributed by atoms with Crippen molar-refractivity contribution in [3.05, 3.63) is 95.6 Å². The van der Waals surface area contributed by atoms with Crippen LogP contribution in [0.15, 0.2) is 84.0 Å². The lowest BCUT2D eigenvalue weighted by atomic mass is 10.2. The quantitative estimate of drug-likeness (QED) is 0.475. The SMILES string of the molecule is CC(=O)Nc1cccc(C(=O)N/N=C\c2cccc(OCc3ccccc3)c2)c1. The number of amides is 2. The fourth-order valence-electron chi connectivity index (χ4n) is 2.60. The molecule has 0 aliphatic carbocycles. The van der Waals surface area contributed by atoms with Crippen molar-refractivity contribution in [3.63, 3.8) is 0 Å². The fourth-order valence-corrected chi connectivity index (χ4v) is 2.60. The second-order valence-corrected chi connectivity index (χ2v) is 6.31. The molecule has 0 bridgehead atoms. The summed E-state index contributed by atoms with van der Waals surface area (Å²) in [6, 6.07) is 24.0. The minimum atomic E-state index is -0.370. The zero-order valence-corrected chi connectivity index (χ0v) is 16.0. The lowest BCUT2D eigenvalue weighted by Gasteiger charge is -2.07. The predicted molar refractivity (Wildman–Crippen MR) is 113 cm³/mol. The monoisotopic (exact) mass is 387 g/mol. The molecule has 2 N–H and O–H groups in total. The van der Waals surface area contributed by atoms with Gasteiger partial charge in [0.15, 0.2) is 0 Å². The van der Waals surface area contributed by atoms with Gasteiger partial charge in [-0.15, -0.1) is 0 Å². The molecule has 3 aromatic carbocycles. The van der Waals surface area contributed by atoms with Crippen LogP contribution in [0.1, 0.15) is 28.4 Å². The molecule has 0 atom stereocenters. The Morgan fingerprint density at radius 2 is 1.76 bits per heavy atom. The first-order chi connectivity index (χ1) is 14.1. The molecule has 2 amide bonds. The van der Waals surface area contributed by atoms with E-state index in [0.29, 0.717) is 23.6 Å². The van der Waals surface area contributed by atoms with Crippen molar-refractivity contribution in [3.8, 4) is 5.75 Å². The molecule has 0 unspecified atom stereocenters. The van der Waals surface area contributed by atoms with Crippen molar-refractivity contribution in [2.24, 2.45) is 5.10 Å². The molecule has 6 nitrogen and oxygen atoms in total. The Balaban J connectivity index is 1.57. The summed E-state index contributed by atoms with van der Waals surface area (Å²) in [5.74, 6) is 0.145. The number of hydrazone groups is 1. The van der Waals surface area contributed by atoms with Gasteiger partial charge in [0.25, 0.3) is 5.91 Å². The summed E-state index contributed by atoms with van der Waals surface area (Å²) < 4.78 is 5.79. The van der Waals surface area contributed by atoms with Crippen LogP contribution in [0.5, 0.6) is 5.75 Å². The maximum atomic E-state index is 12.2. The maximum absolute atomic E-state index is 12.2. The third-order valence-corrected chi connectivity index (χ3v) is 3.93. The summed E-state index contributed by atoms with van der Waals surface area (Å²) in [6.07, 6.45) is 1.55. The lowest BCUT2D eigenvalue weighted by molar-refractivity contribution is -0.114. The van der Waals surface area contributed by atoms with Gasteiger partial charge in [-0.3, -0.25) is 9.59 Å². The van der Waals surface area contributed by atoms with Gasteiger partial charge < -0.3 is 10.1 Å². The Kier molecular flexibility index (Phi) is 6.73. The van der Waals surface area contributed by atoms with Crippen LogP contribution in [0.2, 0.25) is 0 Å². The Bertz CT molecular complexity index is 1020. The molecule has 0 aliphatic rings. The number of benzene rings is 3. The van der Waals surface area contributed by atoms with Gasteiger partial charge in [0, 0.05) is 18.2 Å². The number of rotatable bonds is 7. The van der Waals surface area contributed by atoms with Gasteiger partial charge in [0.1, 0.15) is 12.4 Å². The Labute approximate surface area is 169 Å². The van der Waals surface area contributed by atoms with Crippen LogP contribution >= 0.6 is 0 Å². The van der Waals surface area contributed by atoms with E-state index in [1.807, 2.05) is 54.6 Å². The predicted octanol–water partition coefficient (Wildman–Crippen LogP) is 3.99. The van der Waals surface area contributed by atoms with Gasteiger partial charge in [0.2, 0.25) is 5.91 Å². The van der Waals surface area contributed by atoms with E-state index in [1.54, 1.807) is 30.5 Å². The normalized spacial score (nSPS) is 10.5. The van der Waals surface area contributed by atoms with E-state index in [9.17, 15) is 9.59 Å². The molecule has 0 radical (unpaired) electrons. The van der Waals surface area contributed by atoms with E-state index in [2.05, 4.69) is 15.8 Å². The second kappa shape index (κ2) is 9.85. The summed E-state index contributed by atoms with van der Waals surface area (Å²) in [4.78, 5) is 23.4. The molecular weight excluding hydrogens is 366 g/mol. The Hall–Kier alpha value is -3.93. The summed E-state index contributed by atoms with van der Waals surface area (Å²) in [5, 5.41) is 6.64. The van der Waals surface area contributed by atoms with Gasteiger partial charge in [-0.25, -0.2) is 5.43 Å². The highest BCUT2D eigenvalue weighted by molar-refractivity contribution is 5.97. The molecule has 146 valence electrons. The van der Waals surface area contributed by atoms with Crippen LogP contribution in [0.3, 0.4) is 0 Å². The highest BCUT2D eigenvalue weighted by Gasteiger charge is 2.05.